The Morgan fingerprint density at radius 2 is 1.61 bits per heavy atom. The molecule has 0 aliphatic rings. The van der Waals surface area contributed by atoms with Crippen LogP contribution in [0, 0.1) is 0 Å². The number of hydrogen-bond donors (Lipinski definition) is 4. The molecule has 0 spiro atoms. The van der Waals surface area contributed by atoms with Crippen LogP contribution < -0.4 is 5.84 Å². The van der Waals surface area contributed by atoms with E-state index in [0.717, 1.165) is 6.08 Å². The molecule has 0 saturated heterocycles. The molecule has 23 heavy (non-hydrogen) atoms. The highest BCUT2D eigenvalue weighted by molar-refractivity contribution is 6.08. The van der Waals surface area contributed by atoms with E-state index in [1.54, 1.807) is 0 Å². The van der Waals surface area contributed by atoms with Crippen LogP contribution in [0.5, 0.6) is 17.2 Å². The van der Waals surface area contributed by atoms with Crippen LogP contribution in [0.4, 0.5) is 0 Å². The molecule has 0 radical (unpaired) electrons. The highest BCUT2D eigenvalue weighted by Gasteiger charge is 2.17. The Labute approximate surface area is 131 Å². The molecular formula is C16H14N2O5. The minimum Gasteiger partial charge on any atom is -0.508 e. The maximum Gasteiger partial charge on any atom is 0.275 e. The number of phenolic OH excluding ortho intramolecular Hbond substituents is 3. The summed E-state index contributed by atoms with van der Waals surface area (Å²) >= 11 is 0. The number of carbonyl (C=O) groups is 2. The predicted molar refractivity (Wildman–Crippen MR) is 82.3 cm³/mol. The summed E-state index contributed by atoms with van der Waals surface area (Å²) in [5, 5.41) is 28.2. The van der Waals surface area contributed by atoms with Gasteiger partial charge in [0.05, 0.1) is 0 Å². The second kappa shape index (κ2) is 6.63. The molecule has 7 heteroatoms. The number of aromatic hydroxyl groups is 3. The van der Waals surface area contributed by atoms with Crippen LogP contribution in [-0.2, 0) is 4.79 Å². The molecule has 0 aromatic heterocycles. The number of hydrazine groups is 1. The summed E-state index contributed by atoms with van der Waals surface area (Å²) < 4.78 is 0. The van der Waals surface area contributed by atoms with E-state index in [1.807, 2.05) is 0 Å². The zero-order chi connectivity index (χ0) is 17.0. The van der Waals surface area contributed by atoms with Crippen molar-refractivity contribution in [3.63, 3.8) is 0 Å². The molecule has 0 aliphatic carbocycles. The van der Waals surface area contributed by atoms with Crippen molar-refractivity contribution < 1.29 is 24.9 Å². The number of hydrogen-bond acceptors (Lipinski definition) is 6. The van der Waals surface area contributed by atoms with E-state index >= 15 is 0 Å². The fraction of sp³-hybridized carbons (Fsp3) is 0. The fourth-order valence-electron chi connectivity index (χ4n) is 1.74. The molecule has 0 unspecified atom stereocenters. The molecule has 118 valence electrons. The van der Waals surface area contributed by atoms with E-state index in [1.165, 1.54) is 48.5 Å². The number of amides is 2. The van der Waals surface area contributed by atoms with Crippen molar-refractivity contribution in [2.75, 3.05) is 0 Å². The van der Waals surface area contributed by atoms with Gasteiger partial charge in [-0.05, 0) is 48.0 Å². The molecule has 0 aliphatic heterocycles. The Hall–Kier alpha value is -3.32. The first-order valence-electron chi connectivity index (χ1n) is 6.50. The maximum absolute atomic E-state index is 12.0. The van der Waals surface area contributed by atoms with Crippen LogP contribution in [0.3, 0.4) is 0 Å². The summed E-state index contributed by atoms with van der Waals surface area (Å²) in [7, 11) is 0. The van der Waals surface area contributed by atoms with Crippen molar-refractivity contribution in [3.8, 4) is 17.2 Å². The van der Waals surface area contributed by atoms with Gasteiger partial charge < -0.3 is 15.3 Å². The number of carbonyl (C=O) groups excluding carboxylic acids is 2. The van der Waals surface area contributed by atoms with Gasteiger partial charge in [0.25, 0.3) is 11.8 Å². The Balaban J connectivity index is 2.09. The molecule has 0 atom stereocenters. The summed E-state index contributed by atoms with van der Waals surface area (Å²) in [4.78, 5) is 23.9. The molecule has 2 aromatic rings. The Bertz CT molecular complexity index is 769. The number of phenols is 3. The number of imide groups is 1. The monoisotopic (exact) mass is 314 g/mol. The third-order valence-corrected chi connectivity index (χ3v) is 2.99. The Kier molecular flexibility index (Phi) is 4.63. The van der Waals surface area contributed by atoms with E-state index in [4.69, 9.17) is 10.9 Å². The second-order valence-electron chi connectivity index (χ2n) is 4.64. The maximum atomic E-state index is 12.0. The number of rotatable bonds is 3. The Morgan fingerprint density at radius 3 is 2.22 bits per heavy atom. The molecular weight excluding hydrogens is 300 g/mol. The summed E-state index contributed by atoms with van der Waals surface area (Å²) in [6.45, 7) is 0. The summed E-state index contributed by atoms with van der Waals surface area (Å²) in [6, 6.07) is 9.28. The molecule has 2 rings (SSSR count). The highest BCUT2D eigenvalue weighted by Crippen LogP contribution is 2.25. The predicted octanol–water partition coefficient (Wildman–Crippen LogP) is 1.36. The normalized spacial score (nSPS) is 10.7. The van der Waals surface area contributed by atoms with E-state index in [0.29, 0.717) is 10.6 Å². The highest BCUT2D eigenvalue weighted by atomic mass is 16.3. The first-order valence-corrected chi connectivity index (χ1v) is 6.50. The number of nitrogens with two attached hydrogens (primary N) is 1. The minimum atomic E-state index is -0.768. The molecule has 7 nitrogen and oxygen atoms in total. The van der Waals surface area contributed by atoms with Gasteiger partial charge in [-0.3, -0.25) is 9.59 Å². The van der Waals surface area contributed by atoms with Crippen LogP contribution in [0.1, 0.15) is 15.9 Å². The Morgan fingerprint density at radius 1 is 0.957 bits per heavy atom. The van der Waals surface area contributed by atoms with Crippen LogP contribution in [-0.4, -0.2) is 32.1 Å². The first-order chi connectivity index (χ1) is 10.9. The molecule has 2 aromatic carbocycles. The van der Waals surface area contributed by atoms with Crippen molar-refractivity contribution in [3.05, 3.63) is 59.7 Å². The molecule has 2 amide bonds. The number of benzene rings is 2. The molecule has 0 saturated carbocycles. The van der Waals surface area contributed by atoms with Crippen LogP contribution >= 0.6 is 0 Å². The summed E-state index contributed by atoms with van der Waals surface area (Å²) in [5.41, 5.74) is 0.591. The fourth-order valence-corrected chi connectivity index (χ4v) is 1.74. The van der Waals surface area contributed by atoms with Gasteiger partial charge in [0.15, 0.2) is 11.5 Å². The summed E-state index contributed by atoms with van der Waals surface area (Å²) in [5.74, 6) is 3.36. The van der Waals surface area contributed by atoms with Gasteiger partial charge in [-0.15, -0.1) is 0 Å². The van der Waals surface area contributed by atoms with Crippen LogP contribution in [0.15, 0.2) is 48.5 Å². The zero-order valence-electron chi connectivity index (χ0n) is 11.9. The van der Waals surface area contributed by atoms with Gasteiger partial charge in [-0.2, -0.15) is 0 Å². The minimum absolute atomic E-state index is 0.0107. The number of nitrogens with zero attached hydrogens (tertiary/aromatic N) is 1. The quantitative estimate of drug-likeness (QED) is 0.223. The van der Waals surface area contributed by atoms with Crippen molar-refractivity contribution >= 4 is 17.9 Å². The molecule has 0 heterocycles. The van der Waals surface area contributed by atoms with Crippen LogP contribution in [0.25, 0.3) is 6.08 Å². The lowest BCUT2D eigenvalue weighted by Gasteiger charge is -2.12. The molecule has 5 N–H and O–H groups in total. The van der Waals surface area contributed by atoms with E-state index < -0.39 is 11.8 Å². The van der Waals surface area contributed by atoms with Crippen molar-refractivity contribution in [2.45, 2.75) is 0 Å². The van der Waals surface area contributed by atoms with Gasteiger partial charge in [0.2, 0.25) is 0 Å². The van der Waals surface area contributed by atoms with Gasteiger partial charge >= 0.3 is 0 Å². The van der Waals surface area contributed by atoms with Crippen molar-refractivity contribution in [1.29, 1.82) is 0 Å². The average molecular weight is 314 g/mol. The summed E-state index contributed by atoms with van der Waals surface area (Å²) in [6.07, 6.45) is 2.40. The van der Waals surface area contributed by atoms with E-state index in [9.17, 15) is 19.8 Å². The molecule has 0 fully saturated rings. The second-order valence-corrected chi connectivity index (χ2v) is 4.64. The lowest BCUT2D eigenvalue weighted by Crippen LogP contribution is -2.41. The lowest BCUT2D eigenvalue weighted by atomic mass is 10.2. The topological polar surface area (TPSA) is 124 Å². The lowest BCUT2D eigenvalue weighted by molar-refractivity contribution is -0.123. The third-order valence-electron chi connectivity index (χ3n) is 2.99. The van der Waals surface area contributed by atoms with Crippen molar-refractivity contribution in [2.24, 2.45) is 5.84 Å². The first kappa shape index (κ1) is 16.1. The van der Waals surface area contributed by atoms with E-state index in [-0.39, 0.29) is 22.8 Å². The zero-order valence-corrected chi connectivity index (χ0v) is 11.9. The van der Waals surface area contributed by atoms with Gasteiger partial charge in [-0.1, -0.05) is 6.07 Å². The van der Waals surface area contributed by atoms with Gasteiger partial charge in [0, 0.05) is 11.6 Å². The van der Waals surface area contributed by atoms with E-state index in [2.05, 4.69) is 0 Å². The van der Waals surface area contributed by atoms with Gasteiger partial charge in [0.1, 0.15) is 5.75 Å². The van der Waals surface area contributed by atoms with Crippen LogP contribution in [0.2, 0.25) is 0 Å². The standard InChI is InChI=1S/C16H14N2O5/c17-18(16(23)11-3-5-12(19)6-4-11)15(22)8-2-10-1-7-13(20)14(21)9-10/h1-9,19-21H,17H2/b8-2+. The SMILES string of the molecule is NN(C(=O)/C=C/c1ccc(O)c(O)c1)C(=O)c1ccc(O)cc1. The smallest absolute Gasteiger partial charge is 0.275 e. The average Bonchev–Trinajstić information content (AvgIpc) is 2.55. The van der Waals surface area contributed by atoms with Crippen molar-refractivity contribution in [1.82, 2.24) is 5.01 Å². The largest absolute Gasteiger partial charge is 0.508 e. The third kappa shape index (κ3) is 3.86. The van der Waals surface area contributed by atoms with Gasteiger partial charge in [-0.25, -0.2) is 10.9 Å². The molecule has 0 bridgehead atoms.